The molecule has 1 amide bonds. The fourth-order valence-corrected chi connectivity index (χ4v) is 5.11. The Hall–Kier alpha value is -2.62. The highest BCUT2D eigenvalue weighted by Crippen LogP contribution is 2.37. The first kappa shape index (κ1) is 19.7. The van der Waals surface area contributed by atoms with Crippen molar-refractivity contribution in [2.24, 2.45) is 0 Å². The molecule has 0 fully saturated rings. The van der Waals surface area contributed by atoms with Crippen LogP contribution in [0.15, 0.2) is 34.7 Å². The molecule has 1 aliphatic rings. The van der Waals surface area contributed by atoms with Gasteiger partial charge in [-0.05, 0) is 57.4 Å². The number of benzene rings is 1. The van der Waals surface area contributed by atoms with Gasteiger partial charge in [0.2, 0.25) is 5.91 Å². The lowest BCUT2D eigenvalue weighted by molar-refractivity contribution is -0.116. The van der Waals surface area contributed by atoms with Crippen molar-refractivity contribution in [2.75, 3.05) is 18.9 Å². The number of nitrogens with one attached hydrogen (secondary N) is 1. The van der Waals surface area contributed by atoms with Gasteiger partial charge in [-0.3, -0.25) is 9.69 Å². The Labute approximate surface area is 174 Å². The first-order valence-corrected chi connectivity index (χ1v) is 10.9. The maximum absolute atomic E-state index is 12.5. The molecule has 0 radical (unpaired) electrons. The third-order valence-corrected chi connectivity index (χ3v) is 6.95. The van der Waals surface area contributed by atoms with Gasteiger partial charge in [0.1, 0.15) is 22.4 Å². The quantitative estimate of drug-likeness (QED) is 0.605. The highest BCUT2D eigenvalue weighted by atomic mass is 32.1. The van der Waals surface area contributed by atoms with Crippen molar-refractivity contribution >= 4 is 33.2 Å². The molecule has 0 aliphatic heterocycles. The van der Waals surface area contributed by atoms with Gasteiger partial charge in [0.15, 0.2) is 0 Å². The molecule has 0 spiro atoms. The molecule has 1 aliphatic carbocycles. The van der Waals surface area contributed by atoms with E-state index in [2.05, 4.69) is 29.3 Å². The number of anilines is 1. The second-order valence-corrected chi connectivity index (χ2v) is 8.77. The number of hydrogen-bond donors (Lipinski definition) is 1. The maximum atomic E-state index is 12.5. The van der Waals surface area contributed by atoms with Crippen LogP contribution in [0.3, 0.4) is 0 Å². The topological polar surface area (TPSA) is 69.3 Å². The maximum Gasteiger partial charge on any atom is 0.226 e. The van der Waals surface area contributed by atoms with Crippen molar-refractivity contribution in [3.8, 4) is 6.07 Å². The van der Waals surface area contributed by atoms with E-state index in [0.717, 1.165) is 53.0 Å². The fraction of sp³-hybridized carbons (Fsp3) is 0.391. The van der Waals surface area contributed by atoms with E-state index in [0.29, 0.717) is 18.5 Å². The van der Waals surface area contributed by atoms with Gasteiger partial charge in [-0.15, -0.1) is 11.3 Å². The number of nitriles is 1. The number of fused-ring (bicyclic) bond motifs is 2. The minimum atomic E-state index is -0.0521. The van der Waals surface area contributed by atoms with E-state index in [-0.39, 0.29) is 11.9 Å². The van der Waals surface area contributed by atoms with E-state index in [1.165, 1.54) is 4.88 Å². The van der Waals surface area contributed by atoms with Gasteiger partial charge < -0.3 is 9.73 Å². The number of aryl methyl sites for hydroxylation is 1. The summed E-state index contributed by atoms with van der Waals surface area (Å²) in [5.74, 6) is 0.843. The molecule has 1 unspecified atom stereocenters. The van der Waals surface area contributed by atoms with Gasteiger partial charge in [0.05, 0.1) is 11.6 Å². The number of rotatable bonds is 6. The van der Waals surface area contributed by atoms with Gasteiger partial charge >= 0.3 is 0 Å². The van der Waals surface area contributed by atoms with Gasteiger partial charge in [0.25, 0.3) is 0 Å². The van der Waals surface area contributed by atoms with Crippen LogP contribution in [0.5, 0.6) is 0 Å². The average Bonchev–Trinajstić information content (AvgIpc) is 3.32. The van der Waals surface area contributed by atoms with E-state index in [4.69, 9.17) is 4.42 Å². The third-order valence-electron chi connectivity index (χ3n) is 5.75. The van der Waals surface area contributed by atoms with Crippen LogP contribution in [0, 0.1) is 11.3 Å². The molecule has 5 nitrogen and oxygen atoms in total. The predicted octanol–water partition coefficient (Wildman–Crippen LogP) is 5.27. The molecule has 4 rings (SSSR count). The number of carbonyl (C=O) groups excluding carboxylic acids is 1. The van der Waals surface area contributed by atoms with E-state index < -0.39 is 0 Å². The Balaban J connectivity index is 1.37. The summed E-state index contributed by atoms with van der Waals surface area (Å²) in [4.78, 5) is 15.9. The standard InChI is InChI=1S/C23H25N3O2S/c1-15(20-13-16-7-3-5-9-19(16)28-20)26(2)12-11-22(27)25-23-18(14-24)17-8-4-6-10-21(17)29-23/h3,5,7,9,13,15H,4,6,8,10-12H2,1-2H3,(H,25,27). The fourth-order valence-electron chi connectivity index (χ4n) is 3.86. The third kappa shape index (κ3) is 4.07. The smallest absolute Gasteiger partial charge is 0.226 e. The monoisotopic (exact) mass is 407 g/mol. The molecule has 0 bridgehead atoms. The van der Waals surface area contributed by atoms with Crippen LogP contribution in [0.25, 0.3) is 11.0 Å². The van der Waals surface area contributed by atoms with Crippen LogP contribution >= 0.6 is 11.3 Å². The number of nitrogens with zero attached hydrogens (tertiary/aromatic N) is 2. The Bertz CT molecular complexity index is 1040. The van der Waals surface area contributed by atoms with Crippen LogP contribution in [-0.4, -0.2) is 24.4 Å². The van der Waals surface area contributed by atoms with Gasteiger partial charge in [-0.2, -0.15) is 5.26 Å². The average molecular weight is 408 g/mol. The van der Waals surface area contributed by atoms with Gasteiger partial charge in [0, 0.05) is 23.2 Å². The summed E-state index contributed by atoms with van der Waals surface area (Å²) in [6, 6.07) is 12.4. The molecule has 3 aromatic rings. The zero-order valence-corrected chi connectivity index (χ0v) is 17.6. The predicted molar refractivity (Wildman–Crippen MR) is 116 cm³/mol. The number of hydrogen-bond acceptors (Lipinski definition) is 5. The second kappa shape index (κ2) is 8.40. The lowest BCUT2D eigenvalue weighted by Crippen LogP contribution is -2.26. The minimum absolute atomic E-state index is 0.0521. The first-order valence-electron chi connectivity index (χ1n) is 10.1. The number of para-hydroxylation sites is 1. The molecule has 2 aromatic heterocycles. The van der Waals surface area contributed by atoms with Crippen molar-refractivity contribution in [1.29, 1.82) is 5.26 Å². The van der Waals surface area contributed by atoms with Crippen molar-refractivity contribution in [3.63, 3.8) is 0 Å². The lowest BCUT2D eigenvalue weighted by atomic mass is 9.96. The van der Waals surface area contributed by atoms with Gasteiger partial charge in [-0.25, -0.2) is 0 Å². The molecule has 150 valence electrons. The SMILES string of the molecule is CC(c1cc2ccccc2o1)N(C)CCC(=O)Nc1sc2c(c1C#N)CCCC2. The molecule has 0 saturated carbocycles. The van der Waals surface area contributed by atoms with Crippen LogP contribution in [0.1, 0.15) is 54.0 Å². The van der Waals surface area contributed by atoms with Crippen molar-refractivity contribution in [1.82, 2.24) is 4.90 Å². The molecule has 6 heteroatoms. The van der Waals surface area contributed by atoms with Crippen molar-refractivity contribution in [2.45, 2.75) is 45.1 Å². The molecule has 29 heavy (non-hydrogen) atoms. The van der Waals surface area contributed by atoms with Crippen LogP contribution in [0.2, 0.25) is 0 Å². The second-order valence-electron chi connectivity index (χ2n) is 7.67. The molecular weight excluding hydrogens is 382 g/mol. The summed E-state index contributed by atoms with van der Waals surface area (Å²) >= 11 is 1.57. The summed E-state index contributed by atoms with van der Waals surface area (Å²) in [7, 11) is 2.00. The largest absolute Gasteiger partial charge is 0.459 e. The highest BCUT2D eigenvalue weighted by Gasteiger charge is 2.22. The van der Waals surface area contributed by atoms with Gasteiger partial charge in [-0.1, -0.05) is 18.2 Å². The van der Waals surface area contributed by atoms with E-state index in [9.17, 15) is 10.1 Å². The summed E-state index contributed by atoms with van der Waals surface area (Å²) in [5, 5.41) is 14.3. The van der Waals surface area contributed by atoms with Crippen molar-refractivity contribution < 1.29 is 9.21 Å². The summed E-state index contributed by atoms with van der Waals surface area (Å²) < 4.78 is 5.95. The molecule has 1 aromatic carbocycles. The zero-order chi connectivity index (χ0) is 20.4. The molecular formula is C23H25N3O2S. The Morgan fingerprint density at radius 1 is 1.34 bits per heavy atom. The van der Waals surface area contributed by atoms with E-state index in [1.54, 1.807) is 11.3 Å². The summed E-state index contributed by atoms with van der Waals surface area (Å²) in [6.07, 6.45) is 4.62. The minimum Gasteiger partial charge on any atom is -0.459 e. The van der Waals surface area contributed by atoms with Crippen LogP contribution in [0.4, 0.5) is 5.00 Å². The van der Waals surface area contributed by atoms with E-state index >= 15 is 0 Å². The Morgan fingerprint density at radius 2 is 2.14 bits per heavy atom. The Kier molecular flexibility index (Phi) is 5.70. The number of amides is 1. The number of carbonyl (C=O) groups is 1. The summed E-state index contributed by atoms with van der Waals surface area (Å²) in [6.45, 7) is 2.69. The highest BCUT2D eigenvalue weighted by molar-refractivity contribution is 7.16. The summed E-state index contributed by atoms with van der Waals surface area (Å²) in [5.41, 5.74) is 2.70. The molecule has 1 atom stereocenters. The zero-order valence-electron chi connectivity index (χ0n) is 16.8. The molecule has 2 heterocycles. The normalized spacial score (nSPS) is 14.6. The lowest BCUT2D eigenvalue weighted by Gasteiger charge is -2.22. The van der Waals surface area contributed by atoms with Crippen LogP contribution in [-0.2, 0) is 17.6 Å². The van der Waals surface area contributed by atoms with E-state index in [1.807, 2.05) is 31.3 Å². The van der Waals surface area contributed by atoms with Crippen molar-refractivity contribution in [3.05, 3.63) is 52.1 Å². The first-order chi connectivity index (χ1) is 14.1. The molecule has 1 N–H and O–H groups in total. The number of thiophene rings is 1. The van der Waals surface area contributed by atoms with Crippen LogP contribution < -0.4 is 5.32 Å². The molecule has 0 saturated heterocycles. The number of furan rings is 1. The Morgan fingerprint density at radius 3 is 2.93 bits per heavy atom.